The van der Waals surface area contributed by atoms with E-state index >= 15 is 0 Å². The number of thiazole rings is 1. The third-order valence-corrected chi connectivity index (χ3v) is 5.21. The molecule has 4 rings (SSSR count). The van der Waals surface area contributed by atoms with Crippen LogP contribution in [-0.4, -0.2) is 50.9 Å². The molecule has 2 aromatic heterocycles. The zero-order valence-corrected chi connectivity index (χ0v) is 13.6. The van der Waals surface area contributed by atoms with Gasteiger partial charge in [0.2, 0.25) is 10.8 Å². The van der Waals surface area contributed by atoms with Crippen LogP contribution >= 0.6 is 11.3 Å². The lowest BCUT2D eigenvalue weighted by molar-refractivity contribution is 0.0240. The highest BCUT2D eigenvalue weighted by Crippen LogP contribution is 2.40. The number of aromatic hydroxyl groups is 1. The van der Waals surface area contributed by atoms with Crippen molar-refractivity contribution in [1.82, 2.24) is 19.5 Å². The molecular formula is C15H13F3N4O2S. The monoisotopic (exact) mass is 370 g/mol. The Morgan fingerprint density at radius 2 is 1.84 bits per heavy atom. The summed E-state index contributed by atoms with van der Waals surface area (Å²) in [7, 11) is 0. The molecule has 1 aliphatic rings. The van der Waals surface area contributed by atoms with E-state index in [0.29, 0.717) is 36.1 Å². The van der Waals surface area contributed by atoms with Gasteiger partial charge in [0, 0.05) is 13.1 Å². The van der Waals surface area contributed by atoms with Gasteiger partial charge in [0.1, 0.15) is 6.33 Å². The minimum absolute atomic E-state index is 0.154. The van der Waals surface area contributed by atoms with E-state index in [2.05, 4.69) is 10.1 Å². The molecule has 1 aromatic carbocycles. The summed E-state index contributed by atoms with van der Waals surface area (Å²) in [5.41, 5.74) is 0.207. The lowest BCUT2D eigenvalue weighted by Gasteiger charge is -2.34. The van der Waals surface area contributed by atoms with Gasteiger partial charge in [-0.2, -0.15) is 9.61 Å². The third-order valence-electron chi connectivity index (χ3n) is 4.12. The Bertz CT molecular complexity index is 900. The molecule has 0 aliphatic carbocycles. The highest BCUT2D eigenvalue weighted by molar-refractivity contribution is 7.17. The summed E-state index contributed by atoms with van der Waals surface area (Å²) in [5, 5.41) is 14.4. The van der Waals surface area contributed by atoms with Crippen LogP contribution in [0.5, 0.6) is 5.88 Å². The van der Waals surface area contributed by atoms with E-state index in [-0.39, 0.29) is 11.4 Å². The van der Waals surface area contributed by atoms with Gasteiger partial charge in [-0.15, -0.1) is 0 Å². The molecular weight excluding hydrogens is 357 g/mol. The quantitative estimate of drug-likeness (QED) is 0.717. The molecule has 6 nitrogen and oxygen atoms in total. The third kappa shape index (κ3) is 2.75. The molecule has 1 aliphatic heterocycles. The Kier molecular flexibility index (Phi) is 4.10. The van der Waals surface area contributed by atoms with Gasteiger partial charge >= 0.3 is 0 Å². The topological polar surface area (TPSA) is 62.9 Å². The Morgan fingerprint density at radius 3 is 2.48 bits per heavy atom. The molecule has 3 heterocycles. The minimum Gasteiger partial charge on any atom is -0.492 e. The number of rotatable bonds is 3. The summed E-state index contributed by atoms with van der Waals surface area (Å²) in [6.45, 7) is 1.89. The molecule has 0 saturated carbocycles. The first-order valence-corrected chi connectivity index (χ1v) is 8.35. The predicted molar refractivity (Wildman–Crippen MR) is 83.1 cm³/mol. The Hall–Kier alpha value is -2.17. The molecule has 10 heteroatoms. The predicted octanol–water partition coefficient (Wildman–Crippen LogP) is 2.34. The molecule has 1 atom stereocenters. The van der Waals surface area contributed by atoms with Gasteiger partial charge in [-0.05, 0) is 17.7 Å². The molecule has 0 amide bonds. The summed E-state index contributed by atoms with van der Waals surface area (Å²) in [4.78, 5) is 6.83. The van der Waals surface area contributed by atoms with E-state index < -0.39 is 23.5 Å². The first-order chi connectivity index (χ1) is 12.1. The molecule has 25 heavy (non-hydrogen) atoms. The van der Waals surface area contributed by atoms with Crippen LogP contribution < -0.4 is 0 Å². The number of nitrogens with zero attached hydrogens (tertiary/aromatic N) is 4. The Balaban J connectivity index is 1.87. The average molecular weight is 370 g/mol. The second kappa shape index (κ2) is 6.28. The largest absolute Gasteiger partial charge is 0.492 e. The lowest BCUT2D eigenvalue weighted by atomic mass is 10.0. The van der Waals surface area contributed by atoms with Gasteiger partial charge in [-0.25, -0.2) is 18.2 Å². The van der Waals surface area contributed by atoms with Crippen molar-refractivity contribution >= 4 is 16.3 Å². The second-order valence-corrected chi connectivity index (χ2v) is 6.60. The summed E-state index contributed by atoms with van der Waals surface area (Å²) in [6, 6.07) is 1.24. The van der Waals surface area contributed by atoms with E-state index in [4.69, 9.17) is 4.74 Å². The van der Waals surface area contributed by atoms with E-state index in [1.165, 1.54) is 10.8 Å². The maximum absolute atomic E-state index is 13.8. The molecule has 0 bridgehead atoms. The summed E-state index contributed by atoms with van der Waals surface area (Å²) in [5.74, 6) is -4.21. The molecule has 0 spiro atoms. The van der Waals surface area contributed by atoms with Gasteiger partial charge in [0.25, 0.3) is 0 Å². The first kappa shape index (κ1) is 16.3. The number of aromatic nitrogens is 3. The molecule has 1 saturated heterocycles. The number of hydrogen-bond donors (Lipinski definition) is 1. The zero-order valence-electron chi connectivity index (χ0n) is 12.8. The van der Waals surface area contributed by atoms with Crippen LogP contribution in [-0.2, 0) is 4.74 Å². The van der Waals surface area contributed by atoms with Crippen molar-refractivity contribution in [3.63, 3.8) is 0 Å². The number of fused-ring (bicyclic) bond motifs is 1. The molecule has 0 radical (unpaired) electrons. The standard InChI is InChI=1S/C15H13F3N4O2S/c16-9-5-8(6-10(17)11(9)18)12(21-1-3-24-4-2-21)13-14(23)22-15(25-13)19-7-20-22/h5-7,12,23H,1-4H2. The van der Waals surface area contributed by atoms with E-state index in [1.54, 1.807) is 0 Å². The Labute approximate surface area is 144 Å². The minimum atomic E-state index is -1.52. The van der Waals surface area contributed by atoms with Gasteiger partial charge < -0.3 is 9.84 Å². The van der Waals surface area contributed by atoms with Crippen LogP contribution in [0.2, 0.25) is 0 Å². The number of hydrogen-bond acceptors (Lipinski definition) is 6. The number of ether oxygens (including phenoxy) is 1. The smallest absolute Gasteiger partial charge is 0.230 e. The molecule has 1 fully saturated rings. The van der Waals surface area contributed by atoms with E-state index in [1.807, 2.05) is 4.90 Å². The van der Waals surface area contributed by atoms with Gasteiger partial charge in [-0.3, -0.25) is 4.90 Å². The number of morpholine rings is 1. The summed E-state index contributed by atoms with van der Waals surface area (Å²) >= 11 is 1.16. The zero-order chi connectivity index (χ0) is 17.6. The first-order valence-electron chi connectivity index (χ1n) is 7.54. The molecule has 132 valence electrons. The van der Waals surface area contributed by atoms with Crippen molar-refractivity contribution in [2.75, 3.05) is 26.3 Å². The van der Waals surface area contributed by atoms with Gasteiger partial charge in [0.05, 0.1) is 24.1 Å². The molecule has 1 N–H and O–H groups in total. The summed E-state index contributed by atoms with van der Waals surface area (Å²) < 4.78 is 47.5. The van der Waals surface area contributed by atoms with Crippen molar-refractivity contribution in [2.45, 2.75) is 6.04 Å². The Morgan fingerprint density at radius 1 is 1.16 bits per heavy atom. The van der Waals surface area contributed by atoms with Gasteiger partial charge in [-0.1, -0.05) is 11.3 Å². The van der Waals surface area contributed by atoms with Crippen molar-refractivity contribution in [3.8, 4) is 5.88 Å². The summed E-state index contributed by atoms with van der Waals surface area (Å²) in [6.07, 6.45) is 1.30. The van der Waals surface area contributed by atoms with Crippen LogP contribution in [0.25, 0.3) is 4.96 Å². The highest BCUT2D eigenvalue weighted by atomic mass is 32.1. The van der Waals surface area contributed by atoms with Crippen LogP contribution in [0.4, 0.5) is 13.2 Å². The van der Waals surface area contributed by atoms with Crippen LogP contribution in [0.15, 0.2) is 18.5 Å². The maximum Gasteiger partial charge on any atom is 0.230 e. The van der Waals surface area contributed by atoms with Crippen molar-refractivity contribution in [1.29, 1.82) is 0 Å². The van der Waals surface area contributed by atoms with E-state index in [9.17, 15) is 18.3 Å². The lowest BCUT2D eigenvalue weighted by Crippen LogP contribution is -2.39. The molecule has 1 unspecified atom stereocenters. The fraction of sp³-hybridized carbons (Fsp3) is 0.333. The number of halogens is 3. The van der Waals surface area contributed by atoms with Crippen LogP contribution in [0, 0.1) is 17.5 Å². The van der Waals surface area contributed by atoms with Crippen LogP contribution in [0.1, 0.15) is 16.5 Å². The fourth-order valence-corrected chi connectivity index (χ4v) is 4.06. The van der Waals surface area contributed by atoms with Crippen molar-refractivity contribution in [2.24, 2.45) is 0 Å². The maximum atomic E-state index is 13.8. The normalized spacial score (nSPS) is 17.2. The van der Waals surface area contributed by atoms with Gasteiger partial charge in [0.15, 0.2) is 17.5 Å². The van der Waals surface area contributed by atoms with Crippen LogP contribution in [0.3, 0.4) is 0 Å². The fourth-order valence-electron chi connectivity index (χ4n) is 2.97. The average Bonchev–Trinajstić information content (AvgIpc) is 3.18. The molecule has 3 aromatic rings. The number of benzene rings is 1. The van der Waals surface area contributed by atoms with Crippen molar-refractivity contribution < 1.29 is 23.0 Å². The van der Waals surface area contributed by atoms with Crippen molar-refractivity contribution in [3.05, 3.63) is 46.4 Å². The second-order valence-electron chi connectivity index (χ2n) is 5.59. The SMILES string of the molecule is Oc1c(C(c2cc(F)c(F)c(F)c2)N2CCOCC2)sc2ncnn12. The highest BCUT2D eigenvalue weighted by Gasteiger charge is 2.31. The van der Waals surface area contributed by atoms with E-state index in [0.717, 1.165) is 23.5 Å².